The van der Waals surface area contributed by atoms with E-state index >= 15 is 0 Å². The molecule has 1 aromatic carbocycles. The third-order valence-corrected chi connectivity index (χ3v) is 5.27. The second-order valence-electron chi connectivity index (χ2n) is 7.22. The Hall–Kier alpha value is -2.60. The molecule has 0 radical (unpaired) electrons. The summed E-state index contributed by atoms with van der Waals surface area (Å²) in [5.74, 6) is -0.0505. The molecule has 1 atom stereocenters. The van der Waals surface area contributed by atoms with Gasteiger partial charge in [0, 0.05) is 5.92 Å². The first-order valence-electron chi connectivity index (χ1n) is 9.81. The SMILES string of the molecule is C/C(=N\OC(c1ccc(OCc2cccc(Cl)n2)cc1)C1CCCCC1)C(=O)O. The topological polar surface area (TPSA) is 81.0 Å². The van der Waals surface area contributed by atoms with Gasteiger partial charge in [-0.05, 0) is 49.6 Å². The highest BCUT2D eigenvalue weighted by atomic mass is 35.5. The van der Waals surface area contributed by atoms with Crippen LogP contribution in [0.1, 0.15) is 56.4 Å². The normalized spacial score (nSPS) is 16.3. The molecule has 29 heavy (non-hydrogen) atoms. The van der Waals surface area contributed by atoms with Crippen molar-refractivity contribution in [1.29, 1.82) is 0 Å². The lowest BCUT2D eigenvalue weighted by Gasteiger charge is -2.29. The molecule has 0 saturated heterocycles. The Balaban J connectivity index is 1.70. The van der Waals surface area contributed by atoms with Gasteiger partial charge in [0.15, 0.2) is 11.8 Å². The fourth-order valence-corrected chi connectivity index (χ4v) is 3.65. The van der Waals surface area contributed by atoms with Crippen molar-refractivity contribution < 1.29 is 19.5 Å². The Labute approximate surface area is 175 Å². The Kier molecular flexibility index (Phi) is 7.47. The van der Waals surface area contributed by atoms with E-state index in [1.54, 1.807) is 6.07 Å². The molecule has 1 aromatic heterocycles. The fourth-order valence-electron chi connectivity index (χ4n) is 3.47. The van der Waals surface area contributed by atoms with Crippen LogP contribution >= 0.6 is 11.6 Å². The number of aromatic nitrogens is 1. The van der Waals surface area contributed by atoms with Crippen molar-refractivity contribution in [2.45, 2.75) is 51.7 Å². The molecule has 6 nitrogen and oxygen atoms in total. The van der Waals surface area contributed by atoms with Crippen LogP contribution in [0.5, 0.6) is 5.75 Å². The lowest BCUT2D eigenvalue weighted by molar-refractivity contribution is -0.129. The number of carboxylic acid groups (broad SMARTS) is 1. The largest absolute Gasteiger partial charge is 0.487 e. The van der Waals surface area contributed by atoms with Crippen LogP contribution in [0.25, 0.3) is 0 Å². The summed E-state index contributed by atoms with van der Waals surface area (Å²) in [4.78, 5) is 21.0. The van der Waals surface area contributed by atoms with Crippen LogP contribution in [0.3, 0.4) is 0 Å². The van der Waals surface area contributed by atoms with Gasteiger partial charge in [-0.15, -0.1) is 0 Å². The molecule has 7 heteroatoms. The Morgan fingerprint density at radius 2 is 1.93 bits per heavy atom. The third kappa shape index (κ3) is 6.19. The summed E-state index contributed by atoms with van der Waals surface area (Å²) in [6, 6.07) is 13.1. The van der Waals surface area contributed by atoms with Crippen molar-refractivity contribution in [3.05, 3.63) is 58.9 Å². The zero-order chi connectivity index (χ0) is 20.6. The summed E-state index contributed by atoms with van der Waals surface area (Å²) in [6.07, 6.45) is 5.36. The van der Waals surface area contributed by atoms with Crippen LogP contribution in [0.4, 0.5) is 0 Å². The maximum absolute atomic E-state index is 11.0. The maximum atomic E-state index is 11.0. The average Bonchev–Trinajstić information content (AvgIpc) is 2.74. The number of carbonyl (C=O) groups is 1. The van der Waals surface area contributed by atoms with E-state index in [2.05, 4.69) is 10.1 Å². The minimum absolute atomic E-state index is 0.0558. The van der Waals surface area contributed by atoms with E-state index in [9.17, 15) is 4.79 Å². The number of halogens is 1. The van der Waals surface area contributed by atoms with E-state index in [1.807, 2.05) is 36.4 Å². The number of pyridine rings is 1. The van der Waals surface area contributed by atoms with Gasteiger partial charge in [-0.25, -0.2) is 9.78 Å². The first-order chi connectivity index (χ1) is 14.0. The molecule has 1 fully saturated rings. The highest BCUT2D eigenvalue weighted by Crippen LogP contribution is 2.37. The molecule has 2 aromatic rings. The third-order valence-electron chi connectivity index (χ3n) is 5.06. The van der Waals surface area contributed by atoms with Gasteiger partial charge in [-0.1, -0.05) is 54.2 Å². The van der Waals surface area contributed by atoms with E-state index < -0.39 is 5.97 Å². The van der Waals surface area contributed by atoms with Gasteiger partial charge in [0.1, 0.15) is 17.5 Å². The number of hydrogen-bond donors (Lipinski definition) is 1. The number of ether oxygens (including phenoxy) is 1. The maximum Gasteiger partial charge on any atom is 0.353 e. The molecule has 1 aliphatic rings. The number of aliphatic carboxylic acids is 1. The van der Waals surface area contributed by atoms with E-state index in [4.69, 9.17) is 26.3 Å². The number of hydrogen-bond acceptors (Lipinski definition) is 5. The van der Waals surface area contributed by atoms with E-state index in [1.165, 1.54) is 13.3 Å². The summed E-state index contributed by atoms with van der Waals surface area (Å²) in [6.45, 7) is 1.76. The molecule has 0 spiro atoms. The summed E-state index contributed by atoms with van der Waals surface area (Å²) < 4.78 is 5.79. The minimum atomic E-state index is -1.08. The second kappa shape index (κ2) is 10.3. The summed E-state index contributed by atoms with van der Waals surface area (Å²) in [5, 5.41) is 13.3. The van der Waals surface area contributed by atoms with Gasteiger partial charge >= 0.3 is 5.97 Å². The zero-order valence-corrected chi connectivity index (χ0v) is 17.1. The monoisotopic (exact) mass is 416 g/mol. The van der Waals surface area contributed by atoms with Gasteiger partial charge in [0.25, 0.3) is 0 Å². The van der Waals surface area contributed by atoms with Crippen LogP contribution in [0.2, 0.25) is 5.15 Å². The number of nitrogens with zero attached hydrogens (tertiary/aromatic N) is 2. The molecule has 1 heterocycles. The molecular weight excluding hydrogens is 392 g/mol. The second-order valence-corrected chi connectivity index (χ2v) is 7.60. The van der Waals surface area contributed by atoms with E-state index in [0.29, 0.717) is 23.4 Å². The molecule has 1 saturated carbocycles. The van der Waals surface area contributed by atoms with Crippen molar-refractivity contribution in [3.63, 3.8) is 0 Å². The highest BCUT2D eigenvalue weighted by molar-refractivity contribution is 6.34. The molecule has 0 aliphatic heterocycles. The fraction of sp³-hybridized carbons (Fsp3) is 0.409. The van der Waals surface area contributed by atoms with E-state index in [-0.39, 0.29) is 11.8 Å². The predicted octanol–water partition coefficient (Wildman–Crippen LogP) is 5.41. The van der Waals surface area contributed by atoms with Crippen molar-refractivity contribution in [2.75, 3.05) is 0 Å². The average molecular weight is 417 g/mol. The summed E-state index contributed by atoms with van der Waals surface area (Å²) in [7, 11) is 0. The lowest BCUT2D eigenvalue weighted by atomic mass is 9.83. The van der Waals surface area contributed by atoms with Crippen molar-refractivity contribution >= 4 is 23.3 Å². The van der Waals surface area contributed by atoms with Crippen LogP contribution in [-0.2, 0) is 16.2 Å². The highest BCUT2D eigenvalue weighted by Gasteiger charge is 2.27. The van der Waals surface area contributed by atoms with Crippen LogP contribution in [0, 0.1) is 5.92 Å². The molecular formula is C22H25ClN2O4. The molecule has 3 rings (SSSR count). The van der Waals surface area contributed by atoms with Crippen molar-refractivity contribution in [1.82, 2.24) is 4.98 Å². The van der Waals surface area contributed by atoms with Crippen LogP contribution in [-0.4, -0.2) is 21.8 Å². The Morgan fingerprint density at radius 3 is 2.59 bits per heavy atom. The first-order valence-corrected chi connectivity index (χ1v) is 10.2. The van der Waals surface area contributed by atoms with Gasteiger partial charge in [-0.2, -0.15) is 0 Å². The van der Waals surface area contributed by atoms with Crippen LogP contribution in [0.15, 0.2) is 47.6 Å². The Morgan fingerprint density at radius 1 is 1.21 bits per heavy atom. The van der Waals surface area contributed by atoms with Gasteiger partial charge in [-0.3, -0.25) is 0 Å². The molecule has 1 N–H and O–H groups in total. The molecule has 0 bridgehead atoms. The quantitative estimate of drug-likeness (QED) is 0.353. The Bertz CT molecular complexity index is 848. The number of rotatable bonds is 8. The van der Waals surface area contributed by atoms with Crippen LogP contribution < -0.4 is 4.74 Å². The number of oxime groups is 1. The molecule has 1 aliphatic carbocycles. The van der Waals surface area contributed by atoms with Gasteiger partial charge < -0.3 is 14.7 Å². The zero-order valence-electron chi connectivity index (χ0n) is 16.4. The number of carboxylic acids is 1. The summed E-state index contributed by atoms with van der Waals surface area (Å²) in [5.41, 5.74) is 1.66. The van der Waals surface area contributed by atoms with Crippen molar-refractivity contribution in [2.24, 2.45) is 11.1 Å². The standard InChI is InChI=1S/C22H25ClN2O4/c1-15(22(26)27)25-29-21(16-6-3-2-4-7-16)17-10-12-19(13-11-17)28-14-18-8-5-9-20(23)24-18/h5,8-13,16,21H,2-4,6-7,14H2,1H3,(H,26,27)/b25-15+. The van der Waals surface area contributed by atoms with Crippen molar-refractivity contribution in [3.8, 4) is 5.75 Å². The van der Waals surface area contributed by atoms with E-state index in [0.717, 1.165) is 36.9 Å². The minimum Gasteiger partial charge on any atom is -0.487 e. The van der Waals surface area contributed by atoms with Gasteiger partial charge in [0.05, 0.1) is 5.69 Å². The molecule has 0 amide bonds. The first kappa shape index (κ1) is 21.1. The predicted molar refractivity (Wildman–Crippen MR) is 111 cm³/mol. The molecule has 1 unspecified atom stereocenters. The summed E-state index contributed by atoms with van der Waals surface area (Å²) >= 11 is 5.90. The number of benzene rings is 1. The smallest absolute Gasteiger partial charge is 0.353 e. The lowest BCUT2D eigenvalue weighted by Crippen LogP contribution is -2.19. The molecule has 154 valence electrons. The van der Waals surface area contributed by atoms with Gasteiger partial charge in [0.2, 0.25) is 0 Å².